The molecule has 2 heterocycles. The van der Waals surface area contributed by atoms with Crippen LogP contribution in [0, 0.1) is 35.5 Å². The fourth-order valence-electron chi connectivity index (χ4n) is 20.1. The summed E-state index contributed by atoms with van der Waals surface area (Å²) in [7, 11) is 0. The molecule has 0 aromatic heterocycles. The molecule has 2 fully saturated rings. The highest BCUT2D eigenvalue weighted by atomic mass is 16.7. The Kier molecular flexibility index (Phi) is 74.1. The van der Waals surface area contributed by atoms with E-state index < -0.39 is 42.8 Å². The van der Waals surface area contributed by atoms with E-state index in [4.69, 9.17) is 52.5 Å². The smallest absolute Gasteiger partial charge is 0.303 e. The van der Waals surface area contributed by atoms with E-state index in [-0.39, 0.29) is 98.5 Å². The van der Waals surface area contributed by atoms with E-state index in [0.29, 0.717) is 83.5 Å². The Labute approximate surface area is 892 Å². The molecule has 16 atom stereocenters. The van der Waals surface area contributed by atoms with Gasteiger partial charge in [0.1, 0.15) is 17.7 Å². The van der Waals surface area contributed by atoms with E-state index in [0.717, 1.165) is 97.6 Å². The average Bonchev–Trinajstić information content (AvgIpc) is 0.813. The van der Waals surface area contributed by atoms with Gasteiger partial charge in [-0.05, 0) is 88.3 Å². The van der Waals surface area contributed by atoms with Gasteiger partial charge in [-0.2, -0.15) is 0 Å². The predicted octanol–water partition coefficient (Wildman–Crippen LogP) is 33.8. The van der Waals surface area contributed by atoms with E-state index >= 15 is 0 Å². The molecule has 0 aliphatic carbocycles. The lowest BCUT2D eigenvalue weighted by atomic mass is 9.79. The molecule has 1 amide bonds. The van der Waals surface area contributed by atoms with Gasteiger partial charge in [0.25, 0.3) is 0 Å². The van der Waals surface area contributed by atoms with Crippen molar-refractivity contribution < 1.29 is 71.7 Å². The van der Waals surface area contributed by atoms with Crippen LogP contribution in [0.1, 0.15) is 437 Å². The summed E-state index contributed by atoms with van der Waals surface area (Å²) >= 11 is 0. The molecule has 0 spiro atoms. The first kappa shape index (κ1) is 128. The number of benzene rings is 6. The summed E-state index contributed by atoms with van der Waals surface area (Å²) in [5, 5.41) is 16.2. The van der Waals surface area contributed by atoms with Crippen LogP contribution in [-0.2, 0) is 106 Å². The van der Waals surface area contributed by atoms with E-state index in [1.165, 1.54) is 231 Å². The number of carboxylic acids is 1. The molecular weight excluding hydrogens is 1830 g/mol. The number of carboxylic acid groups (broad SMARTS) is 1. The summed E-state index contributed by atoms with van der Waals surface area (Å²) in [4.78, 5) is 52.3. The third-order valence-electron chi connectivity index (χ3n) is 30.4. The molecule has 6 aromatic carbocycles. The molecule has 4 unspecified atom stereocenters. The van der Waals surface area contributed by atoms with Gasteiger partial charge in [-0.15, -0.1) is 0 Å². The molecule has 6 aromatic rings. The second-order valence-corrected chi connectivity index (χ2v) is 42.7. The molecule has 824 valence electrons. The van der Waals surface area contributed by atoms with Gasteiger partial charge in [0.2, 0.25) is 5.91 Å². The zero-order chi connectivity index (χ0) is 105. The van der Waals surface area contributed by atoms with E-state index in [1.807, 2.05) is 109 Å². The third-order valence-corrected chi connectivity index (χ3v) is 30.4. The van der Waals surface area contributed by atoms with Gasteiger partial charge < -0.3 is 57.8 Å². The SMILES string of the molecule is CCCCCCCCCCCCC(=O)CCC(=O)O.CCCCCCCCCCCCCC[C@@H](OCc1ccccc1)[C@@H](OCc1ccccc1)[C@H](CO[C@H]1OC(COCc2ccccc2)[C@H](C)[C@H](C)C1C)N=[N+]=[N-].CCCCCCCCCCCCCC[C@@H](OCc1ccccc1)[C@@H](OCc1ccccc1)[C@H](CO[C@H]1OC(COCc2ccccc2)[C@H](C)[C@H](C)C1C)NC(=O)CCC(=O)CCCCCCCCCCCC. The second kappa shape index (κ2) is 85.0. The first-order valence-corrected chi connectivity index (χ1v) is 58.9. The van der Waals surface area contributed by atoms with Gasteiger partial charge in [-0.3, -0.25) is 19.2 Å². The molecule has 0 saturated carbocycles. The van der Waals surface area contributed by atoms with Crippen molar-refractivity contribution in [1.29, 1.82) is 0 Å². The number of azide groups is 1. The van der Waals surface area contributed by atoms with Crippen molar-refractivity contribution in [1.82, 2.24) is 5.32 Å². The zero-order valence-corrected chi connectivity index (χ0v) is 93.4. The van der Waals surface area contributed by atoms with Crippen molar-refractivity contribution >= 4 is 23.4 Å². The predicted molar refractivity (Wildman–Crippen MR) is 602 cm³/mol. The minimum Gasteiger partial charge on any atom is -0.481 e. The number of ether oxygens (including phenoxy) is 10. The number of carbonyl (C=O) groups is 4. The number of ketones is 2. The molecule has 8 rings (SSSR count). The van der Waals surface area contributed by atoms with E-state index in [9.17, 15) is 24.7 Å². The highest BCUT2D eigenvalue weighted by Gasteiger charge is 2.44. The van der Waals surface area contributed by atoms with Crippen LogP contribution >= 0.6 is 0 Å². The van der Waals surface area contributed by atoms with Crippen LogP contribution < -0.4 is 5.32 Å². The average molecular weight is 2040 g/mol. The lowest BCUT2D eigenvalue weighted by Crippen LogP contribution is -2.55. The van der Waals surface area contributed by atoms with Crippen LogP contribution in [0.25, 0.3) is 10.4 Å². The normalized spacial score (nSPS) is 18.9. The molecule has 2 aliphatic rings. The molecule has 0 radical (unpaired) electrons. The summed E-state index contributed by atoms with van der Waals surface area (Å²) in [6, 6.07) is 60.2. The Morgan fingerprint density at radius 3 is 0.905 bits per heavy atom. The zero-order valence-electron chi connectivity index (χ0n) is 93.4. The summed E-state index contributed by atoms with van der Waals surface area (Å²) in [5.74, 6) is 0.636. The molecule has 2 saturated heterocycles. The Bertz CT molecular complexity index is 4170. The number of unbranched alkanes of at least 4 members (excludes halogenated alkanes) is 40. The number of hydrogen-bond acceptors (Lipinski definition) is 15. The monoisotopic (exact) mass is 2040 g/mol. The summed E-state index contributed by atoms with van der Waals surface area (Å²) in [5.41, 5.74) is 16.5. The molecule has 19 nitrogen and oxygen atoms in total. The number of nitrogens with one attached hydrogen (secondary N) is 1. The molecular formula is C128H202N4O15. The number of hydrogen-bond donors (Lipinski definition) is 2. The lowest BCUT2D eigenvalue weighted by Gasteiger charge is -2.44. The maximum atomic E-state index is 14.2. The summed E-state index contributed by atoms with van der Waals surface area (Å²) in [6.07, 6.45) is 55.6. The van der Waals surface area contributed by atoms with Crippen LogP contribution in [-0.4, -0.2) is 116 Å². The minimum atomic E-state index is -0.878. The summed E-state index contributed by atoms with van der Waals surface area (Å²) in [6.45, 7) is 26.3. The maximum Gasteiger partial charge on any atom is 0.303 e. The van der Waals surface area contributed by atoms with Gasteiger partial charge in [0.05, 0.1) is 115 Å². The Morgan fingerprint density at radius 1 is 0.320 bits per heavy atom. The first-order valence-electron chi connectivity index (χ1n) is 58.9. The topological polar surface area (TPSA) is 242 Å². The molecule has 2 aliphatic heterocycles. The van der Waals surface area contributed by atoms with Gasteiger partial charge in [-0.25, -0.2) is 0 Å². The van der Waals surface area contributed by atoms with Crippen molar-refractivity contribution in [2.24, 2.45) is 40.6 Å². The fourth-order valence-corrected chi connectivity index (χ4v) is 20.1. The highest BCUT2D eigenvalue weighted by molar-refractivity contribution is 5.85. The highest BCUT2D eigenvalue weighted by Crippen LogP contribution is 2.39. The van der Waals surface area contributed by atoms with Crippen molar-refractivity contribution in [3.8, 4) is 0 Å². The van der Waals surface area contributed by atoms with Crippen molar-refractivity contribution in [3.63, 3.8) is 0 Å². The van der Waals surface area contributed by atoms with Gasteiger partial charge >= 0.3 is 5.97 Å². The van der Waals surface area contributed by atoms with E-state index in [2.05, 4.69) is 157 Å². The minimum absolute atomic E-state index is 0.0173. The van der Waals surface area contributed by atoms with Gasteiger partial charge in [-0.1, -0.05) is 526 Å². The van der Waals surface area contributed by atoms with Crippen molar-refractivity contribution in [2.45, 2.75) is 504 Å². The van der Waals surface area contributed by atoms with E-state index in [1.54, 1.807) is 0 Å². The summed E-state index contributed by atoms with van der Waals surface area (Å²) < 4.78 is 66.7. The Balaban J connectivity index is 0.000000388. The van der Waals surface area contributed by atoms with Crippen LogP contribution in [0.4, 0.5) is 0 Å². The number of amides is 1. The van der Waals surface area contributed by atoms with Crippen LogP contribution in [0.3, 0.4) is 0 Å². The third kappa shape index (κ3) is 59.9. The van der Waals surface area contributed by atoms with Crippen molar-refractivity contribution in [2.75, 3.05) is 26.4 Å². The molecule has 19 heteroatoms. The van der Waals surface area contributed by atoms with Gasteiger partial charge in [0.15, 0.2) is 12.6 Å². The number of carbonyl (C=O) groups excluding carboxylic acids is 3. The van der Waals surface area contributed by atoms with Crippen LogP contribution in [0.15, 0.2) is 187 Å². The first-order chi connectivity index (χ1) is 71.9. The van der Waals surface area contributed by atoms with Crippen molar-refractivity contribution in [3.05, 3.63) is 226 Å². The number of Topliss-reactive ketones (excluding diaryl/α,β-unsaturated/α-hetero) is 2. The second-order valence-electron chi connectivity index (χ2n) is 42.7. The molecule has 2 N–H and O–H groups in total. The largest absolute Gasteiger partial charge is 0.481 e. The Hall–Kier alpha value is -7.49. The maximum absolute atomic E-state index is 14.2. The van der Waals surface area contributed by atoms with Gasteiger partial charge in [0, 0.05) is 48.9 Å². The van der Waals surface area contributed by atoms with Crippen LogP contribution in [0.5, 0.6) is 0 Å². The molecule has 147 heavy (non-hydrogen) atoms. The molecule has 0 bridgehead atoms. The number of rotatable bonds is 86. The quantitative estimate of drug-likeness (QED) is 0.0156. The number of aliphatic carboxylic acids is 1. The number of nitrogens with zero attached hydrogens (tertiary/aromatic N) is 3. The Morgan fingerprint density at radius 2 is 0.592 bits per heavy atom. The standard InChI is InChI=1S/C64H101NO7.C48H71N3O5.C16H30O3/c1-6-8-10-12-14-16-18-19-21-23-25-36-44-60(69-48-56-39-31-27-32-40-56)63(70-49-57-41-33-28-34-42-57)59(65-62(67)46-45-58(66)43-35-24-22-20-17-15-13-11-9-7-2)50-71-64-54(5)52(3)53(4)61(72-64)51-68-47-55-37-29-26-30-38-55;1-5-6-7-8-9-10-11-12-13-14-15-25-32-45(53-34-42-28-21-17-22-29-42)47(54-35-43-30-23-18-24-31-43)44(50-51-49)36-55-48-40(4)38(2)39(3)46(56-48)37-52-33-41-26-19-16-20-27-41;1-2-3-4-5-6-7-8-9-10-11-12-15(17)13-14-16(18)19/h26-34,37-42,52-54,59-61,63-64H,6-25,35-36,43-51H2,1-5H3,(H,65,67);16-24,26-31,38-40,44-48H,5-15,25,32-37H2,1-4H3;2-14H2,1H3,(H,18,19)/t52-,53+,54?,59-,60+,61?,63-,64-;38-,39+,40?,44-,45+,46?,47-,48-;/m00./s1. The lowest BCUT2D eigenvalue weighted by molar-refractivity contribution is -0.262. The fraction of sp³-hybridized carbons (Fsp3) is 0.688. The van der Waals surface area contributed by atoms with Crippen LogP contribution in [0.2, 0.25) is 0 Å².